The number of carbonyl (C=O) groups excluding carboxylic acids is 4. The number of aromatic nitrogens is 1. The van der Waals surface area contributed by atoms with Crippen LogP contribution in [0.5, 0.6) is 0 Å². The number of carbonyl (C=O) groups is 4. The number of hydrogen-bond donors (Lipinski definition) is 2. The first-order valence-corrected chi connectivity index (χ1v) is 12.5. The fourth-order valence-electron chi connectivity index (χ4n) is 3.38. The van der Waals surface area contributed by atoms with Crippen molar-refractivity contribution in [1.82, 2.24) is 15.2 Å². The molecule has 1 unspecified atom stereocenters. The van der Waals surface area contributed by atoms with E-state index < -0.39 is 41.6 Å². The summed E-state index contributed by atoms with van der Waals surface area (Å²) in [6, 6.07) is -0.958. The van der Waals surface area contributed by atoms with Crippen LogP contribution in [0.1, 0.15) is 19.5 Å². The number of nitrogen functional groups attached to an aromatic ring is 1. The van der Waals surface area contributed by atoms with Gasteiger partial charge in [-0.15, -0.1) is 23.1 Å². The monoisotopic (exact) mass is 543 g/mol. The zero-order valence-corrected chi connectivity index (χ0v) is 21.5. The van der Waals surface area contributed by atoms with Crippen molar-refractivity contribution in [3.05, 3.63) is 22.3 Å². The molecule has 3 rings (SSSR count). The van der Waals surface area contributed by atoms with Crippen LogP contribution in [-0.4, -0.2) is 90.4 Å². The molecule has 2 amide bonds. The Labute approximate surface area is 214 Å². The molecule has 196 valence electrons. The van der Waals surface area contributed by atoms with Gasteiger partial charge >= 0.3 is 12.1 Å². The minimum Gasteiger partial charge on any atom is -0.435 e. The minimum atomic E-state index is -1.27. The molecule has 1 aromatic rings. The number of nitrogens with two attached hydrogens (primary N) is 1. The number of methoxy groups -OCH3 is 1. The summed E-state index contributed by atoms with van der Waals surface area (Å²) in [5, 5.41) is 7.48. The van der Waals surface area contributed by atoms with E-state index in [2.05, 4.69) is 20.2 Å². The molecule has 36 heavy (non-hydrogen) atoms. The van der Waals surface area contributed by atoms with E-state index in [-0.39, 0.29) is 35.4 Å². The van der Waals surface area contributed by atoms with E-state index in [0.29, 0.717) is 11.3 Å². The summed E-state index contributed by atoms with van der Waals surface area (Å²) in [6.45, 7) is 3.08. The number of thiazole rings is 1. The van der Waals surface area contributed by atoms with Gasteiger partial charge in [0.2, 0.25) is 6.29 Å². The average Bonchev–Trinajstić information content (AvgIpc) is 3.26. The second-order valence-corrected chi connectivity index (χ2v) is 9.21. The highest BCUT2D eigenvalue weighted by atomic mass is 32.2. The summed E-state index contributed by atoms with van der Waals surface area (Å²) in [4.78, 5) is 60.4. The van der Waals surface area contributed by atoms with Crippen molar-refractivity contribution in [3.63, 3.8) is 0 Å². The molecule has 14 nitrogen and oxygen atoms in total. The van der Waals surface area contributed by atoms with E-state index >= 15 is 0 Å². The Bertz CT molecular complexity index is 1090. The van der Waals surface area contributed by atoms with Gasteiger partial charge in [0, 0.05) is 25.2 Å². The van der Waals surface area contributed by atoms with E-state index in [0.717, 1.165) is 11.3 Å². The van der Waals surface area contributed by atoms with Crippen LogP contribution < -0.4 is 11.1 Å². The maximum absolute atomic E-state index is 13.1. The lowest BCUT2D eigenvalue weighted by Gasteiger charge is -2.49. The largest absolute Gasteiger partial charge is 0.511 e. The van der Waals surface area contributed by atoms with Crippen LogP contribution in [0.4, 0.5) is 9.93 Å². The summed E-state index contributed by atoms with van der Waals surface area (Å²) in [6.07, 6.45) is -2.27. The molecule has 1 aromatic heterocycles. The number of nitrogens with zero attached hydrogens (tertiary/aromatic N) is 3. The number of anilines is 1. The minimum absolute atomic E-state index is 0.0338. The molecule has 3 atom stereocenters. The van der Waals surface area contributed by atoms with E-state index in [4.69, 9.17) is 24.8 Å². The molecule has 1 saturated heterocycles. The average molecular weight is 544 g/mol. The van der Waals surface area contributed by atoms with Gasteiger partial charge in [0.15, 0.2) is 10.8 Å². The van der Waals surface area contributed by atoms with Crippen molar-refractivity contribution in [1.29, 1.82) is 0 Å². The molecule has 0 saturated carbocycles. The van der Waals surface area contributed by atoms with Gasteiger partial charge in [-0.1, -0.05) is 5.16 Å². The Balaban J connectivity index is 1.75. The van der Waals surface area contributed by atoms with Crippen LogP contribution in [0.25, 0.3) is 0 Å². The second kappa shape index (κ2) is 12.0. The first-order valence-electron chi connectivity index (χ1n) is 10.5. The van der Waals surface area contributed by atoms with E-state index in [1.54, 1.807) is 6.92 Å². The number of esters is 1. The Morgan fingerprint density at radius 2 is 2.08 bits per heavy atom. The molecule has 0 aliphatic carbocycles. The van der Waals surface area contributed by atoms with Gasteiger partial charge in [0.05, 0.1) is 13.2 Å². The maximum atomic E-state index is 13.1. The molecule has 0 aromatic carbocycles. The highest BCUT2D eigenvalue weighted by Crippen LogP contribution is 2.41. The highest BCUT2D eigenvalue weighted by molar-refractivity contribution is 8.00. The van der Waals surface area contributed by atoms with Crippen molar-refractivity contribution >= 4 is 57.9 Å². The van der Waals surface area contributed by atoms with Crippen molar-refractivity contribution in [2.45, 2.75) is 31.6 Å². The van der Waals surface area contributed by atoms with Crippen molar-refractivity contribution in [2.24, 2.45) is 5.16 Å². The number of ether oxygens (including phenoxy) is 4. The Kier molecular flexibility index (Phi) is 9.11. The lowest BCUT2D eigenvalue weighted by molar-refractivity contribution is -0.169. The normalized spacial score (nSPS) is 20.2. The molecule has 2 aliphatic heterocycles. The SMILES string of the molecule is CCOC(=O)OC(C)OC(=O)C1=C(COC)CS[C@@H]2[C@H](NC(=O)C(=NOC)c3csc(N)n3)C(=O)N12. The molecule has 1 fully saturated rings. The van der Waals surface area contributed by atoms with Gasteiger partial charge in [-0.3, -0.25) is 14.5 Å². The van der Waals surface area contributed by atoms with Gasteiger partial charge < -0.3 is 34.8 Å². The van der Waals surface area contributed by atoms with Crippen molar-refractivity contribution in [2.75, 3.05) is 38.9 Å². The topological polar surface area (TPSA) is 181 Å². The number of β-lactam (4-membered cyclic amide) rings is 1. The predicted octanol–water partition coefficient (Wildman–Crippen LogP) is 0.439. The molecule has 3 N–H and O–H groups in total. The van der Waals surface area contributed by atoms with Crippen LogP contribution in [0.15, 0.2) is 21.8 Å². The molecule has 16 heteroatoms. The fourth-order valence-corrected chi connectivity index (χ4v) is 5.25. The lowest BCUT2D eigenvalue weighted by Crippen LogP contribution is -2.71. The van der Waals surface area contributed by atoms with Gasteiger partial charge in [0.25, 0.3) is 11.8 Å². The second-order valence-electron chi connectivity index (χ2n) is 7.21. The van der Waals surface area contributed by atoms with Gasteiger partial charge in [-0.25, -0.2) is 14.6 Å². The third kappa shape index (κ3) is 5.88. The maximum Gasteiger partial charge on any atom is 0.511 e. The standard InChI is InChI=1S/C20H25N5O9S2/c1-5-32-20(29)34-9(2)33-18(28)14-10(6-30-3)7-35-17-13(16(27)25(14)17)23-15(26)12(24-31-4)11-8-36-19(21)22-11/h8-9,13,17H,5-7H2,1-4H3,(H2,21,22)(H,23,26)/t9?,13-,17-/m1/s1. The molecular formula is C20H25N5O9S2. The summed E-state index contributed by atoms with van der Waals surface area (Å²) in [7, 11) is 2.71. The summed E-state index contributed by atoms with van der Waals surface area (Å²) >= 11 is 2.45. The quantitative estimate of drug-likeness (QED) is 0.137. The molecule has 0 radical (unpaired) electrons. The predicted molar refractivity (Wildman–Crippen MR) is 128 cm³/mol. The molecular weight excluding hydrogens is 518 g/mol. The van der Waals surface area contributed by atoms with Crippen molar-refractivity contribution < 1.29 is 43.0 Å². The lowest BCUT2D eigenvalue weighted by atomic mass is 10.0. The number of hydrogen-bond acceptors (Lipinski definition) is 14. The first kappa shape index (κ1) is 27.2. The molecule has 2 aliphatic rings. The Morgan fingerprint density at radius 3 is 2.69 bits per heavy atom. The third-order valence-electron chi connectivity index (χ3n) is 4.81. The van der Waals surface area contributed by atoms with Gasteiger partial charge in [-0.2, -0.15) is 0 Å². The molecule has 0 spiro atoms. The number of amides is 2. The smallest absolute Gasteiger partial charge is 0.435 e. The van der Waals surface area contributed by atoms with Crippen LogP contribution in [0.3, 0.4) is 0 Å². The zero-order valence-electron chi connectivity index (χ0n) is 19.8. The number of oxime groups is 1. The van der Waals surface area contributed by atoms with Crippen LogP contribution >= 0.6 is 23.1 Å². The Hall–Kier alpha value is -3.37. The van der Waals surface area contributed by atoms with Gasteiger partial charge in [-0.05, 0) is 12.5 Å². The van der Waals surface area contributed by atoms with Crippen molar-refractivity contribution in [3.8, 4) is 0 Å². The van der Waals surface area contributed by atoms with E-state index in [1.807, 2.05) is 0 Å². The van der Waals surface area contributed by atoms with Crippen LogP contribution in [0, 0.1) is 0 Å². The molecule has 0 bridgehead atoms. The van der Waals surface area contributed by atoms with Crippen LogP contribution in [0.2, 0.25) is 0 Å². The number of rotatable bonds is 10. The number of thioether (sulfide) groups is 1. The summed E-state index contributed by atoms with van der Waals surface area (Å²) in [5.74, 6) is -1.81. The van der Waals surface area contributed by atoms with E-state index in [1.165, 1.54) is 43.2 Å². The first-order chi connectivity index (χ1) is 17.2. The fraction of sp³-hybridized carbons (Fsp3) is 0.500. The van der Waals surface area contributed by atoms with Crippen LogP contribution in [-0.2, 0) is 38.2 Å². The zero-order chi connectivity index (χ0) is 26.4. The third-order valence-corrected chi connectivity index (χ3v) is 6.82. The summed E-state index contributed by atoms with van der Waals surface area (Å²) < 4.78 is 19.9. The summed E-state index contributed by atoms with van der Waals surface area (Å²) in [5.41, 5.74) is 6.15. The number of nitrogens with one attached hydrogen (secondary N) is 1. The number of fused-ring (bicyclic) bond motifs is 1. The van der Waals surface area contributed by atoms with E-state index in [9.17, 15) is 19.2 Å². The highest BCUT2D eigenvalue weighted by Gasteiger charge is 2.55. The molecule has 3 heterocycles. The Morgan fingerprint density at radius 1 is 1.33 bits per heavy atom. The van der Waals surface area contributed by atoms with Gasteiger partial charge in [0.1, 0.15) is 29.9 Å².